The van der Waals surface area contributed by atoms with Crippen molar-refractivity contribution in [3.63, 3.8) is 0 Å². The van der Waals surface area contributed by atoms with E-state index in [1.807, 2.05) is 0 Å². The van der Waals surface area contributed by atoms with Crippen LogP contribution in [0.1, 0.15) is 0 Å². The van der Waals surface area contributed by atoms with Gasteiger partial charge in [-0.05, 0) is 12.2 Å². The van der Waals surface area contributed by atoms with Gasteiger partial charge in [-0.15, -0.1) is 23.2 Å². The molecule has 0 atom stereocenters. The monoisotopic (exact) mass is 329 g/mol. The molecule has 0 aromatic heterocycles. The fraction of sp³-hybridized carbons (Fsp3) is 0.500. The van der Waals surface area contributed by atoms with Crippen molar-refractivity contribution in [2.45, 2.75) is 12.9 Å². The van der Waals surface area contributed by atoms with Crippen LogP contribution in [0.2, 0.25) is 0 Å². The van der Waals surface area contributed by atoms with E-state index in [0.29, 0.717) is 0 Å². The maximum Gasteiger partial charge on any atom is 0.805 e. The van der Waals surface area contributed by atoms with Crippen molar-refractivity contribution in [1.29, 1.82) is 0 Å². The first-order valence-corrected chi connectivity index (χ1v) is 6.50. The Morgan fingerprint density at radius 1 is 1.00 bits per heavy atom. The van der Waals surface area contributed by atoms with Crippen LogP contribution in [0.25, 0.3) is 0 Å². The highest BCUT2D eigenvalue weighted by atomic mass is 35.5. The van der Waals surface area contributed by atoms with E-state index in [9.17, 15) is 22.1 Å². The highest BCUT2D eigenvalue weighted by Gasteiger charge is 2.33. The smallest absolute Gasteiger partial charge is 0.221 e. The maximum absolute atomic E-state index is 12.3. The Labute approximate surface area is 111 Å². The Morgan fingerprint density at radius 3 is 1.56 bits per heavy atom. The Morgan fingerprint density at radius 2 is 1.33 bits per heavy atom. The van der Waals surface area contributed by atoms with Crippen LogP contribution in [0.15, 0.2) is 23.7 Å². The second-order valence-electron chi connectivity index (χ2n) is 2.53. The Bertz CT molecular complexity index is 306. The number of alkyl halides is 6. The minimum Gasteiger partial charge on any atom is -0.221 e. The van der Waals surface area contributed by atoms with Crippen molar-refractivity contribution >= 4 is 31.5 Å². The Hall–Kier alpha value is -0.520. The molecule has 0 aromatic carbocycles. The van der Waals surface area contributed by atoms with Gasteiger partial charge in [0.2, 0.25) is 11.5 Å². The molecule has 0 bridgehead atoms. The van der Waals surface area contributed by atoms with Crippen molar-refractivity contribution in [3.8, 4) is 0 Å². The SMILES string of the molecule is O=[P+](OC(=CCCl)C(F)F)OC(=CCCl)C(F)F. The third-order valence-corrected chi connectivity index (χ3v) is 2.38. The fourth-order valence-corrected chi connectivity index (χ4v) is 1.67. The molecule has 0 fully saturated rings. The van der Waals surface area contributed by atoms with Crippen LogP contribution in [-0.2, 0) is 13.6 Å². The first kappa shape index (κ1) is 17.5. The zero-order chi connectivity index (χ0) is 14.1. The van der Waals surface area contributed by atoms with Gasteiger partial charge >= 0.3 is 8.25 Å². The van der Waals surface area contributed by atoms with E-state index in [0.717, 1.165) is 12.2 Å². The summed E-state index contributed by atoms with van der Waals surface area (Å²) in [7, 11) is -3.21. The molecule has 0 radical (unpaired) electrons. The van der Waals surface area contributed by atoms with Crippen LogP contribution in [-0.4, -0.2) is 24.6 Å². The van der Waals surface area contributed by atoms with Crippen molar-refractivity contribution in [2.24, 2.45) is 0 Å². The summed E-state index contributed by atoms with van der Waals surface area (Å²) in [5, 5.41) is 0. The van der Waals surface area contributed by atoms with Crippen LogP contribution < -0.4 is 0 Å². The van der Waals surface area contributed by atoms with Gasteiger partial charge < -0.3 is 0 Å². The number of rotatable bonds is 8. The van der Waals surface area contributed by atoms with E-state index in [-0.39, 0.29) is 11.8 Å². The van der Waals surface area contributed by atoms with Gasteiger partial charge in [0.05, 0.1) is 0 Å². The lowest BCUT2D eigenvalue weighted by Crippen LogP contribution is -2.02. The fourth-order valence-electron chi connectivity index (χ4n) is 0.675. The third kappa shape index (κ3) is 7.03. The topological polar surface area (TPSA) is 35.5 Å². The minimum absolute atomic E-state index is 0.317. The maximum atomic E-state index is 12.3. The number of allylic oxidation sites excluding steroid dienone is 4. The number of hydrogen-bond acceptors (Lipinski definition) is 3. The average Bonchev–Trinajstić information content (AvgIpc) is 2.27. The largest absolute Gasteiger partial charge is 0.805 e. The highest BCUT2D eigenvalue weighted by molar-refractivity contribution is 7.33. The molecule has 10 heteroatoms. The quantitative estimate of drug-likeness (QED) is 0.285. The molecule has 0 aliphatic carbocycles. The second kappa shape index (κ2) is 9.42. The standard InChI is InChI=1S/C8H8Cl2F4O3P/c9-3-1-5(7(11)12)16-18(15)17-6(2-4-10)8(13)14/h1-2,7-8H,3-4H2/q+1. The lowest BCUT2D eigenvalue weighted by atomic mass is 10.5. The summed E-state index contributed by atoms with van der Waals surface area (Å²) in [5.41, 5.74) is 0. The first-order chi connectivity index (χ1) is 8.42. The van der Waals surface area contributed by atoms with Crippen molar-refractivity contribution in [2.75, 3.05) is 11.8 Å². The minimum atomic E-state index is -3.21. The lowest BCUT2D eigenvalue weighted by molar-refractivity contribution is 0.115. The molecule has 18 heavy (non-hydrogen) atoms. The molecule has 0 N–H and O–H groups in total. The van der Waals surface area contributed by atoms with Crippen molar-refractivity contribution < 1.29 is 31.2 Å². The summed E-state index contributed by atoms with van der Waals surface area (Å²) < 4.78 is 68.5. The lowest BCUT2D eigenvalue weighted by Gasteiger charge is -2.00. The molecule has 0 heterocycles. The Balaban J connectivity index is 4.58. The van der Waals surface area contributed by atoms with Gasteiger partial charge in [-0.1, -0.05) is 0 Å². The van der Waals surface area contributed by atoms with Crippen LogP contribution in [0.5, 0.6) is 0 Å². The molecule has 0 saturated carbocycles. The molecule has 0 amide bonds. The summed E-state index contributed by atoms with van der Waals surface area (Å²) in [6, 6.07) is 0. The van der Waals surface area contributed by atoms with Gasteiger partial charge in [0.1, 0.15) is 0 Å². The van der Waals surface area contributed by atoms with Crippen LogP contribution in [0.4, 0.5) is 17.6 Å². The van der Waals surface area contributed by atoms with E-state index >= 15 is 0 Å². The molecular formula is C8H8Cl2F4O3P+. The molecule has 0 unspecified atom stereocenters. The van der Waals surface area contributed by atoms with Crippen LogP contribution in [0, 0.1) is 0 Å². The summed E-state index contributed by atoms with van der Waals surface area (Å²) in [6.07, 6.45) is -4.68. The van der Waals surface area contributed by atoms with Gasteiger partial charge in [0, 0.05) is 16.3 Å². The van der Waals surface area contributed by atoms with Gasteiger partial charge in [-0.3, -0.25) is 0 Å². The number of hydrogen-bond donors (Lipinski definition) is 0. The zero-order valence-corrected chi connectivity index (χ0v) is 11.1. The van der Waals surface area contributed by atoms with E-state index in [1.54, 1.807) is 0 Å². The third-order valence-electron chi connectivity index (χ3n) is 1.35. The second-order valence-corrected chi connectivity index (χ2v) is 3.96. The van der Waals surface area contributed by atoms with E-state index in [1.165, 1.54) is 0 Å². The predicted octanol–water partition coefficient (Wildman–Crippen LogP) is 4.45. The van der Waals surface area contributed by atoms with Gasteiger partial charge in [-0.25, -0.2) is 26.6 Å². The van der Waals surface area contributed by atoms with Crippen LogP contribution in [0.3, 0.4) is 0 Å². The summed E-state index contributed by atoms with van der Waals surface area (Å²) in [5.74, 6) is -2.65. The average molecular weight is 330 g/mol. The summed E-state index contributed by atoms with van der Waals surface area (Å²) >= 11 is 10.3. The highest BCUT2D eigenvalue weighted by Crippen LogP contribution is 2.34. The summed E-state index contributed by atoms with van der Waals surface area (Å²) in [4.78, 5) is 0. The molecule has 0 aliphatic heterocycles. The number of halogens is 6. The molecule has 0 aliphatic rings. The molecule has 3 nitrogen and oxygen atoms in total. The van der Waals surface area contributed by atoms with E-state index in [2.05, 4.69) is 9.05 Å². The van der Waals surface area contributed by atoms with Gasteiger partial charge in [-0.2, -0.15) is 0 Å². The molecular weight excluding hydrogens is 322 g/mol. The molecule has 0 spiro atoms. The zero-order valence-electron chi connectivity index (χ0n) is 8.66. The van der Waals surface area contributed by atoms with Gasteiger partial charge in [0.15, 0.2) is 0 Å². The predicted molar refractivity (Wildman–Crippen MR) is 59.4 cm³/mol. The molecule has 0 saturated heterocycles. The normalized spacial score (nSPS) is 14.1. The van der Waals surface area contributed by atoms with E-state index in [4.69, 9.17) is 23.2 Å². The molecule has 0 aromatic rings. The summed E-state index contributed by atoms with van der Waals surface area (Å²) in [6.45, 7) is 0. The Kier molecular flexibility index (Phi) is 9.14. The molecule has 0 rings (SSSR count). The van der Waals surface area contributed by atoms with Crippen molar-refractivity contribution in [1.82, 2.24) is 0 Å². The van der Waals surface area contributed by atoms with E-state index < -0.39 is 32.6 Å². The first-order valence-electron chi connectivity index (χ1n) is 4.33. The molecule has 104 valence electrons. The van der Waals surface area contributed by atoms with Gasteiger partial charge in [0.25, 0.3) is 12.9 Å². The van der Waals surface area contributed by atoms with Crippen molar-refractivity contribution in [3.05, 3.63) is 23.7 Å². The van der Waals surface area contributed by atoms with Crippen LogP contribution >= 0.6 is 31.5 Å².